The molecule has 0 saturated carbocycles. The summed E-state index contributed by atoms with van der Waals surface area (Å²) in [6.45, 7) is 3.12. The first-order valence-corrected chi connectivity index (χ1v) is 9.43. The highest BCUT2D eigenvalue weighted by atomic mass is 15.1. The van der Waals surface area contributed by atoms with Crippen LogP contribution >= 0.6 is 0 Å². The molecule has 0 amide bonds. The Kier molecular flexibility index (Phi) is 5.02. The predicted molar refractivity (Wildman–Crippen MR) is 116 cm³/mol. The number of para-hydroxylation sites is 1. The zero-order valence-corrected chi connectivity index (χ0v) is 15.5. The van der Waals surface area contributed by atoms with Crippen LogP contribution in [0.1, 0.15) is 6.92 Å². The van der Waals surface area contributed by atoms with Crippen molar-refractivity contribution in [2.24, 2.45) is 0 Å². The minimum Gasteiger partial charge on any atom is -0.342 e. The SMILES string of the molecule is CCN(c1ccccc1)c1ccc(-c2ccc(-c3ccccc3)cc2)cc1. The summed E-state index contributed by atoms with van der Waals surface area (Å²) >= 11 is 0. The van der Waals surface area contributed by atoms with Crippen LogP contribution in [0.15, 0.2) is 109 Å². The van der Waals surface area contributed by atoms with E-state index in [0.29, 0.717) is 0 Å². The van der Waals surface area contributed by atoms with Gasteiger partial charge in [0, 0.05) is 17.9 Å². The van der Waals surface area contributed by atoms with Crippen LogP contribution < -0.4 is 4.90 Å². The van der Waals surface area contributed by atoms with Gasteiger partial charge in [-0.3, -0.25) is 0 Å². The summed E-state index contributed by atoms with van der Waals surface area (Å²) < 4.78 is 0. The van der Waals surface area contributed by atoms with E-state index >= 15 is 0 Å². The Bertz CT molecular complexity index is 972. The monoisotopic (exact) mass is 349 g/mol. The molecule has 0 aliphatic heterocycles. The van der Waals surface area contributed by atoms with Crippen molar-refractivity contribution < 1.29 is 0 Å². The van der Waals surface area contributed by atoms with Crippen LogP contribution in [-0.4, -0.2) is 6.54 Å². The first-order chi connectivity index (χ1) is 13.3. The van der Waals surface area contributed by atoms with E-state index in [0.717, 1.165) is 6.54 Å². The molecule has 4 rings (SSSR count). The van der Waals surface area contributed by atoms with E-state index in [2.05, 4.69) is 121 Å². The molecule has 0 fully saturated rings. The van der Waals surface area contributed by atoms with Crippen LogP contribution in [0.25, 0.3) is 22.3 Å². The zero-order chi connectivity index (χ0) is 18.5. The van der Waals surface area contributed by atoms with E-state index in [1.165, 1.54) is 33.6 Å². The molecule has 0 unspecified atom stereocenters. The topological polar surface area (TPSA) is 3.24 Å². The van der Waals surface area contributed by atoms with Crippen molar-refractivity contribution in [3.63, 3.8) is 0 Å². The molecule has 132 valence electrons. The maximum atomic E-state index is 2.32. The summed E-state index contributed by atoms with van der Waals surface area (Å²) in [5.41, 5.74) is 7.41. The van der Waals surface area contributed by atoms with Crippen molar-refractivity contribution in [2.45, 2.75) is 6.92 Å². The predicted octanol–water partition coefficient (Wildman–Crippen LogP) is 7.18. The Hall–Kier alpha value is -3.32. The Morgan fingerprint density at radius 3 is 1.30 bits per heavy atom. The second-order valence-corrected chi connectivity index (χ2v) is 6.57. The van der Waals surface area contributed by atoms with Gasteiger partial charge >= 0.3 is 0 Å². The van der Waals surface area contributed by atoms with Crippen molar-refractivity contribution in [1.29, 1.82) is 0 Å². The lowest BCUT2D eigenvalue weighted by Crippen LogP contribution is -2.15. The molecule has 0 radical (unpaired) electrons. The number of hydrogen-bond acceptors (Lipinski definition) is 1. The van der Waals surface area contributed by atoms with Crippen LogP contribution in [-0.2, 0) is 0 Å². The molecule has 0 aliphatic rings. The van der Waals surface area contributed by atoms with Gasteiger partial charge in [0.15, 0.2) is 0 Å². The summed E-state index contributed by atoms with van der Waals surface area (Å²) in [6, 6.07) is 38.6. The van der Waals surface area contributed by atoms with Crippen LogP contribution in [0, 0.1) is 0 Å². The fraction of sp³-hybridized carbons (Fsp3) is 0.0769. The van der Waals surface area contributed by atoms with E-state index in [9.17, 15) is 0 Å². The van der Waals surface area contributed by atoms with Crippen LogP contribution in [0.5, 0.6) is 0 Å². The average molecular weight is 349 g/mol. The normalized spacial score (nSPS) is 10.6. The molecule has 0 spiro atoms. The molecule has 1 nitrogen and oxygen atoms in total. The third-order valence-electron chi connectivity index (χ3n) is 4.89. The van der Waals surface area contributed by atoms with Crippen LogP contribution in [0.3, 0.4) is 0 Å². The fourth-order valence-corrected chi connectivity index (χ4v) is 3.44. The highest BCUT2D eigenvalue weighted by molar-refractivity contribution is 5.72. The van der Waals surface area contributed by atoms with Gasteiger partial charge in [-0.05, 0) is 53.4 Å². The van der Waals surface area contributed by atoms with E-state index in [-0.39, 0.29) is 0 Å². The molecule has 0 aromatic heterocycles. The number of rotatable bonds is 5. The van der Waals surface area contributed by atoms with Gasteiger partial charge in [0.1, 0.15) is 0 Å². The van der Waals surface area contributed by atoms with E-state index < -0.39 is 0 Å². The highest BCUT2D eigenvalue weighted by Crippen LogP contribution is 2.29. The highest BCUT2D eigenvalue weighted by Gasteiger charge is 2.07. The van der Waals surface area contributed by atoms with Gasteiger partial charge in [0.25, 0.3) is 0 Å². The molecule has 0 atom stereocenters. The molecule has 0 aliphatic carbocycles. The van der Waals surface area contributed by atoms with E-state index in [1.54, 1.807) is 0 Å². The van der Waals surface area contributed by atoms with Gasteiger partial charge in [-0.15, -0.1) is 0 Å². The molecule has 0 N–H and O–H groups in total. The summed E-state index contributed by atoms with van der Waals surface area (Å²) in [4.78, 5) is 2.32. The molecule has 27 heavy (non-hydrogen) atoms. The zero-order valence-electron chi connectivity index (χ0n) is 15.5. The molecule has 4 aromatic rings. The number of anilines is 2. The summed E-state index contributed by atoms with van der Waals surface area (Å²) in [5, 5.41) is 0. The van der Waals surface area contributed by atoms with E-state index in [1.807, 2.05) is 0 Å². The third-order valence-corrected chi connectivity index (χ3v) is 4.89. The lowest BCUT2D eigenvalue weighted by atomic mass is 10.00. The van der Waals surface area contributed by atoms with Gasteiger partial charge < -0.3 is 4.90 Å². The first-order valence-electron chi connectivity index (χ1n) is 9.43. The molecular formula is C26H23N. The lowest BCUT2D eigenvalue weighted by Gasteiger charge is -2.23. The summed E-state index contributed by atoms with van der Waals surface area (Å²) in [7, 11) is 0. The number of hydrogen-bond donors (Lipinski definition) is 0. The Morgan fingerprint density at radius 2 is 0.815 bits per heavy atom. The number of benzene rings is 4. The Morgan fingerprint density at radius 1 is 0.444 bits per heavy atom. The standard InChI is InChI=1S/C26H23N/c1-2-27(25-11-7-4-8-12-25)26-19-17-24(18-20-26)23-15-13-22(14-16-23)21-9-5-3-6-10-21/h3-20H,2H2,1H3. The molecular weight excluding hydrogens is 326 g/mol. The van der Waals surface area contributed by atoms with Crippen molar-refractivity contribution in [1.82, 2.24) is 0 Å². The van der Waals surface area contributed by atoms with Gasteiger partial charge in [0.2, 0.25) is 0 Å². The van der Waals surface area contributed by atoms with Crippen molar-refractivity contribution >= 4 is 11.4 Å². The van der Waals surface area contributed by atoms with Crippen LogP contribution in [0.2, 0.25) is 0 Å². The van der Waals surface area contributed by atoms with Gasteiger partial charge in [-0.25, -0.2) is 0 Å². The molecule has 0 bridgehead atoms. The maximum absolute atomic E-state index is 2.32. The minimum atomic E-state index is 0.940. The quantitative estimate of drug-likeness (QED) is 0.369. The molecule has 0 heterocycles. The smallest absolute Gasteiger partial charge is 0.0411 e. The minimum absolute atomic E-state index is 0.940. The lowest BCUT2D eigenvalue weighted by molar-refractivity contribution is 1.02. The molecule has 0 saturated heterocycles. The first kappa shape index (κ1) is 17.1. The van der Waals surface area contributed by atoms with Gasteiger partial charge in [-0.2, -0.15) is 0 Å². The second-order valence-electron chi connectivity index (χ2n) is 6.57. The third kappa shape index (κ3) is 3.78. The largest absolute Gasteiger partial charge is 0.342 e. The summed E-state index contributed by atoms with van der Waals surface area (Å²) in [6.07, 6.45) is 0. The average Bonchev–Trinajstić information content (AvgIpc) is 2.76. The van der Waals surface area contributed by atoms with Gasteiger partial charge in [0.05, 0.1) is 0 Å². The Balaban J connectivity index is 1.57. The summed E-state index contributed by atoms with van der Waals surface area (Å²) in [5.74, 6) is 0. The second kappa shape index (κ2) is 7.92. The van der Waals surface area contributed by atoms with Crippen molar-refractivity contribution in [3.8, 4) is 22.3 Å². The van der Waals surface area contributed by atoms with E-state index in [4.69, 9.17) is 0 Å². The van der Waals surface area contributed by atoms with Crippen LogP contribution in [0.4, 0.5) is 11.4 Å². The molecule has 4 aromatic carbocycles. The van der Waals surface area contributed by atoms with Crippen molar-refractivity contribution in [3.05, 3.63) is 109 Å². The molecule has 1 heteroatoms. The Labute approximate surface area is 161 Å². The van der Waals surface area contributed by atoms with Crippen molar-refractivity contribution in [2.75, 3.05) is 11.4 Å². The number of nitrogens with zero attached hydrogens (tertiary/aromatic N) is 1. The maximum Gasteiger partial charge on any atom is 0.0411 e. The fourth-order valence-electron chi connectivity index (χ4n) is 3.44. The van der Waals surface area contributed by atoms with Gasteiger partial charge in [-0.1, -0.05) is 84.9 Å².